The van der Waals surface area contributed by atoms with E-state index in [0.717, 1.165) is 11.4 Å². The van der Waals surface area contributed by atoms with Crippen molar-refractivity contribution in [3.63, 3.8) is 0 Å². The molecule has 108 valence electrons. The van der Waals surface area contributed by atoms with Gasteiger partial charge in [0.1, 0.15) is 0 Å². The normalized spacial score (nSPS) is 12.8. The predicted molar refractivity (Wildman–Crippen MR) is 86.1 cm³/mol. The number of hydrogen-bond acceptors (Lipinski definition) is 3. The molecule has 0 amide bonds. The lowest BCUT2D eigenvalue weighted by atomic mass is 10.1. The van der Waals surface area contributed by atoms with Crippen molar-refractivity contribution in [3.8, 4) is 0 Å². The minimum atomic E-state index is 0.385. The first-order valence-corrected chi connectivity index (χ1v) is 8.02. The molecular formula is C16H23N3S. The summed E-state index contributed by atoms with van der Waals surface area (Å²) >= 11 is 1.84. The quantitative estimate of drug-likeness (QED) is 0.814. The lowest BCUT2D eigenvalue weighted by Crippen LogP contribution is -2.11. The maximum absolute atomic E-state index is 4.58. The average molecular weight is 289 g/mol. The molecule has 0 bridgehead atoms. The third-order valence-electron chi connectivity index (χ3n) is 3.37. The van der Waals surface area contributed by atoms with Gasteiger partial charge in [-0.05, 0) is 51.6 Å². The van der Waals surface area contributed by atoms with Crippen LogP contribution in [0.4, 0.5) is 0 Å². The third-order valence-corrected chi connectivity index (χ3v) is 4.40. The van der Waals surface area contributed by atoms with Crippen molar-refractivity contribution in [2.75, 3.05) is 7.05 Å². The van der Waals surface area contributed by atoms with Crippen LogP contribution in [0.2, 0.25) is 0 Å². The van der Waals surface area contributed by atoms with E-state index in [1.807, 2.05) is 23.5 Å². The first kappa shape index (κ1) is 15.1. The summed E-state index contributed by atoms with van der Waals surface area (Å²) in [6.07, 6.45) is 2.06. The van der Waals surface area contributed by atoms with E-state index >= 15 is 0 Å². The average Bonchev–Trinajstić information content (AvgIpc) is 2.93. The second kappa shape index (κ2) is 6.95. The van der Waals surface area contributed by atoms with Crippen molar-refractivity contribution >= 4 is 11.8 Å². The number of benzene rings is 1. The third kappa shape index (κ3) is 3.87. The summed E-state index contributed by atoms with van der Waals surface area (Å²) in [5.41, 5.74) is 2.46. The van der Waals surface area contributed by atoms with Gasteiger partial charge in [-0.25, -0.2) is 0 Å². The highest BCUT2D eigenvalue weighted by atomic mass is 32.2. The fraction of sp³-hybridized carbons (Fsp3) is 0.438. The van der Waals surface area contributed by atoms with E-state index in [1.165, 1.54) is 10.5 Å². The van der Waals surface area contributed by atoms with Crippen LogP contribution in [-0.4, -0.2) is 16.8 Å². The molecule has 1 N–H and O–H groups in total. The van der Waals surface area contributed by atoms with Crippen LogP contribution in [-0.2, 0) is 5.75 Å². The molecule has 1 aromatic heterocycles. The van der Waals surface area contributed by atoms with Crippen LogP contribution in [0, 0.1) is 0 Å². The molecule has 2 rings (SSSR count). The summed E-state index contributed by atoms with van der Waals surface area (Å²) in [4.78, 5) is 1.30. The molecule has 0 saturated carbocycles. The van der Waals surface area contributed by atoms with Gasteiger partial charge in [0.05, 0.1) is 5.69 Å². The van der Waals surface area contributed by atoms with Gasteiger partial charge in [0, 0.05) is 28.9 Å². The predicted octanol–water partition coefficient (Wildman–Crippen LogP) is 4.04. The van der Waals surface area contributed by atoms with Gasteiger partial charge >= 0.3 is 0 Å². The fourth-order valence-electron chi connectivity index (χ4n) is 1.94. The standard InChI is InChI=1S/C16H23N3S/c1-12(2)19-9-8-15(18-19)11-20-16-7-5-6-14(10-16)13(3)17-4/h5-10,12-13,17H,11H2,1-4H3. The molecule has 0 radical (unpaired) electrons. The summed E-state index contributed by atoms with van der Waals surface area (Å²) in [5, 5.41) is 7.86. The van der Waals surface area contributed by atoms with Crippen molar-refractivity contribution in [2.45, 2.75) is 43.5 Å². The van der Waals surface area contributed by atoms with E-state index in [-0.39, 0.29) is 0 Å². The fourth-order valence-corrected chi connectivity index (χ4v) is 2.80. The molecule has 0 aliphatic rings. The number of nitrogens with zero attached hydrogens (tertiary/aromatic N) is 2. The highest BCUT2D eigenvalue weighted by Crippen LogP contribution is 2.25. The minimum absolute atomic E-state index is 0.385. The smallest absolute Gasteiger partial charge is 0.0727 e. The maximum Gasteiger partial charge on any atom is 0.0727 e. The molecule has 0 saturated heterocycles. The molecule has 0 fully saturated rings. The Labute approximate surface area is 125 Å². The van der Waals surface area contributed by atoms with E-state index in [1.54, 1.807) is 0 Å². The molecule has 1 heterocycles. The highest BCUT2D eigenvalue weighted by Gasteiger charge is 2.05. The molecule has 3 nitrogen and oxygen atoms in total. The van der Waals surface area contributed by atoms with Crippen LogP contribution in [0.15, 0.2) is 41.4 Å². The zero-order valence-electron chi connectivity index (χ0n) is 12.6. The van der Waals surface area contributed by atoms with Gasteiger partial charge in [-0.1, -0.05) is 12.1 Å². The zero-order valence-corrected chi connectivity index (χ0v) is 13.4. The molecule has 1 unspecified atom stereocenters. The molecule has 0 spiro atoms. The van der Waals surface area contributed by atoms with Gasteiger partial charge in [0.25, 0.3) is 0 Å². The molecule has 20 heavy (non-hydrogen) atoms. The number of hydrogen-bond donors (Lipinski definition) is 1. The second-order valence-corrected chi connectivity index (χ2v) is 6.30. The maximum atomic E-state index is 4.58. The molecule has 0 aliphatic carbocycles. The first-order chi connectivity index (χ1) is 9.60. The number of nitrogens with one attached hydrogen (secondary N) is 1. The van der Waals surface area contributed by atoms with Gasteiger partial charge in [0.15, 0.2) is 0 Å². The second-order valence-electron chi connectivity index (χ2n) is 5.25. The van der Waals surface area contributed by atoms with Gasteiger partial charge in [-0.15, -0.1) is 11.8 Å². The van der Waals surface area contributed by atoms with Crippen molar-refractivity contribution in [1.82, 2.24) is 15.1 Å². The molecule has 2 aromatic rings. The van der Waals surface area contributed by atoms with Crippen LogP contribution >= 0.6 is 11.8 Å². The summed E-state index contributed by atoms with van der Waals surface area (Å²) in [5.74, 6) is 0.914. The van der Waals surface area contributed by atoms with Crippen LogP contribution in [0.5, 0.6) is 0 Å². The lowest BCUT2D eigenvalue weighted by Gasteiger charge is -2.11. The van der Waals surface area contributed by atoms with E-state index in [0.29, 0.717) is 12.1 Å². The highest BCUT2D eigenvalue weighted by molar-refractivity contribution is 7.98. The van der Waals surface area contributed by atoms with Crippen LogP contribution in [0.25, 0.3) is 0 Å². The van der Waals surface area contributed by atoms with Crippen LogP contribution < -0.4 is 5.32 Å². The van der Waals surface area contributed by atoms with Crippen molar-refractivity contribution in [2.24, 2.45) is 0 Å². The Kier molecular flexibility index (Phi) is 5.26. The minimum Gasteiger partial charge on any atom is -0.313 e. The number of aromatic nitrogens is 2. The summed E-state index contributed by atoms with van der Waals surface area (Å²) in [6.45, 7) is 6.47. The lowest BCUT2D eigenvalue weighted by molar-refractivity contribution is 0.529. The van der Waals surface area contributed by atoms with E-state index in [2.05, 4.69) is 67.7 Å². The first-order valence-electron chi connectivity index (χ1n) is 7.04. The SMILES string of the molecule is CNC(C)c1cccc(SCc2ccn(C(C)C)n2)c1. The Hall–Kier alpha value is -1.26. The van der Waals surface area contributed by atoms with E-state index < -0.39 is 0 Å². The van der Waals surface area contributed by atoms with Crippen molar-refractivity contribution < 1.29 is 0 Å². The largest absolute Gasteiger partial charge is 0.313 e. The Bertz CT molecular complexity index is 548. The van der Waals surface area contributed by atoms with Gasteiger partial charge in [-0.2, -0.15) is 5.10 Å². The summed E-state index contributed by atoms with van der Waals surface area (Å²) in [6, 6.07) is 11.6. The van der Waals surface area contributed by atoms with E-state index in [9.17, 15) is 0 Å². The monoisotopic (exact) mass is 289 g/mol. The summed E-state index contributed by atoms with van der Waals surface area (Å²) in [7, 11) is 1.99. The van der Waals surface area contributed by atoms with Gasteiger partial charge in [0.2, 0.25) is 0 Å². The number of rotatable bonds is 6. The number of thioether (sulfide) groups is 1. The Morgan fingerprint density at radius 2 is 2.05 bits per heavy atom. The Balaban J connectivity index is 1.99. The Morgan fingerprint density at radius 3 is 2.70 bits per heavy atom. The van der Waals surface area contributed by atoms with E-state index in [4.69, 9.17) is 0 Å². The Morgan fingerprint density at radius 1 is 1.25 bits per heavy atom. The van der Waals surface area contributed by atoms with Crippen LogP contribution in [0.1, 0.15) is 44.1 Å². The molecule has 0 aliphatic heterocycles. The molecule has 1 aromatic carbocycles. The van der Waals surface area contributed by atoms with Crippen molar-refractivity contribution in [1.29, 1.82) is 0 Å². The zero-order chi connectivity index (χ0) is 14.5. The van der Waals surface area contributed by atoms with Gasteiger partial charge in [-0.3, -0.25) is 4.68 Å². The molecule has 1 atom stereocenters. The van der Waals surface area contributed by atoms with Crippen LogP contribution in [0.3, 0.4) is 0 Å². The summed E-state index contributed by atoms with van der Waals surface area (Å²) < 4.78 is 2.01. The topological polar surface area (TPSA) is 29.9 Å². The van der Waals surface area contributed by atoms with Crippen molar-refractivity contribution in [3.05, 3.63) is 47.8 Å². The van der Waals surface area contributed by atoms with Gasteiger partial charge < -0.3 is 5.32 Å². The molecule has 4 heteroatoms. The molecular weight excluding hydrogens is 266 g/mol.